The number of hydrogen-bond acceptors (Lipinski definition) is 5. The normalized spacial score (nSPS) is 18.6. The lowest BCUT2D eigenvalue weighted by atomic mass is 9.93. The molecule has 0 saturated carbocycles. The molecule has 31 heavy (non-hydrogen) atoms. The van der Waals surface area contributed by atoms with E-state index < -0.39 is 23.7 Å². The molecule has 0 aliphatic carbocycles. The van der Waals surface area contributed by atoms with Crippen LogP contribution in [0, 0.1) is 5.92 Å². The zero-order chi connectivity index (χ0) is 22.9. The van der Waals surface area contributed by atoms with Crippen molar-refractivity contribution in [2.75, 3.05) is 6.54 Å². The molecular weight excluding hydrogens is 398 g/mol. The van der Waals surface area contributed by atoms with Crippen LogP contribution in [0.4, 0.5) is 4.79 Å². The van der Waals surface area contributed by atoms with E-state index in [2.05, 4.69) is 0 Å². The van der Waals surface area contributed by atoms with Gasteiger partial charge in [0.15, 0.2) is 0 Å². The molecule has 2 rings (SSSR count). The van der Waals surface area contributed by atoms with E-state index in [1.54, 1.807) is 20.8 Å². The van der Waals surface area contributed by atoms with Gasteiger partial charge < -0.3 is 14.6 Å². The lowest BCUT2D eigenvalue weighted by Gasteiger charge is -2.28. The molecule has 1 aliphatic heterocycles. The summed E-state index contributed by atoms with van der Waals surface area (Å²) in [6.45, 7) is 6.01. The van der Waals surface area contributed by atoms with Gasteiger partial charge in [0.2, 0.25) is 0 Å². The van der Waals surface area contributed by atoms with Gasteiger partial charge in [-0.05, 0) is 51.5 Å². The molecule has 1 N–H and O–H groups in total. The van der Waals surface area contributed by atoms with Crippen molar-refractivity contribution in [2.24, 2.45) is 5.92 Å². The van der Waals surface area contributed by atoms with Gasteiger partial charge in [0.05, 0.1) is 0 Å². The average Bonchev–Trinajstić information content (AvgIpc) is 3.13. The molecule has 0 aromatic heterocycles. The fraction of sp³-hybridized carbons (Fsp3) is 0.625. The maximum Gasteiger partial charge on any atom is 0.411 e. The molecule has 172 valence electrons. The van der Waals surface area contributed by atoms with Crippen molar-refractivity contribution in [1.82, 2.24) is 4.90 Å². The minimum absolute atomic E-state index is 0.0687. The van der Waals surface area contributed by atoms with Crippen LogP contribution in [0.15, 0.2) is 30.3 Å². The smallest absolute Gasteiger partial charge is 0.411 e. The van der Waals surface area contributed by atoms with E-state index in [-0.39, 0.29) is 11.9 Å². The van der Waals surface area contributed by atoms with E-state index in [1.807, 2.05) is 30.3 Å². The van der Waals surface area contributed by atoms with E-state index in [4.69, 9.17) is 9.47 Å². The molecule has 7 nitrogen and oxygen atoms in total. The van der Waals surface area contributed by atoms with Crippen molar-refractivity contribution < 1.29 is 29.0 Å². The number of hydrogen-bond donors (Lipinski definition) is 1. The topological polar surface area (TPSA) is 93.1 Å². The molecule has 0 spiro atoms. The zero-order valence-corrected chi connectivity index (χ0v) is 18.8. The molecule has 0 radical (unpaired) electrons. The lowest BCUT2D eigenvalue weighted by Crippen LogP contribution is -2.45. The van der Waals surface area contributed by atoms with Crippen LogP contribution >= 0.6 is 0 Å². The zero-order valence-electron chi connectivity index (χ0n) is 18.8. The highest BCUT2D eigenvalue weighted by atomic mass is 16.6. The summed E-state index contributed by atoms with van der Waals surface area (Å²) in [6.07, 6.45) is 4.68. The Bertz CT molecular complexity index is 727. The number of ether oxygens (including phenoxy) is 2. The number of aliphatic carboxylic acids is 1. The molecule has 2 atom stereocenters. The molecule has 1 heterocycles. The van der Waals surface area contributed by atoms with Crippen LogP contribution in [0.5, 0.6) is 0 Å². The number of rotatable bonds is 10. The Morgan fingerprint density at radius 3 is 2.39 bits per heavy atom. The number of likely N-dealkylation sites (tertiary alicyclic amines) is 1. The highest BCUT2D eigenvalue weighted by Gasteiger charge is 2.43. The molecule has 2 unspecified atom stereocenters. The van der Waals surface area contributed by atoms with Crippen molar-refractivity contribution >= 4 is 18.0 Å². The monoisotopic (exact) mass is 433 g/mol. The molecule has 1 fully saturated rings. The van der Waals surface area contributed by atoms with E-state index in [1.165, 1.54) is 4.90 Å². The number of nitrogens with zero attached hydrogens (tertiary/aromatic N) is 1. The molecule has 0 bridgehead atoms. The van der Waals surface area contributed by atoms with E-state index in [0.29, 0.717) is 26.0 Å². The molecule has 1 saturated heterocycles. The highest BCUT2D eigenvalue weighted by Crippen LogP contribution is 2.30. The van der Waals surface area contributed by atoms with Crippen molar-refractivity contribution in [3.05, 3.63) is 35.9 Å². The van der Waals surface area contributed by atoms with Crippen molar-refractivity contribution in [3.63, 3.8) is 0 Å². The van der Waals surface area contributed by atoms with Crippen LogP contribution in [0.2, 0.25) is 0 Å². The van der Waals surface area contributed by atoms with Gasteiger partial charge in [-0.2, -0.15) is 0 Å². The number of amides is 1. The summed E-state index contributed by atoms with van der Waals surface area (Å²) >= 11 is 0. The van der Waals surface area contributed by atoms with Gasteiger partial charge in [0, 0.05) is 13.0 Å². The second-order valence-corrected chi connectivity index (χ2v) is 9.10. The number of carbonyl (C=O) groups is 3. The number of carboxylic acid groups (broad SMARTS) is 1. The Morgan fingerprint density at radius 2 is 1.74 bits per heavy atom. The van der Waals surface area contributed by atoms with Crippen LogP contribution in [0.25, 0.3) is 0 Å². The fourth-order valence-electron chi connectivity index (χ4n) is 3.86. The molecule has 7 heteroatoms. The predicted octanol–water partition coefficient (Wildman–Crippen LogP) is 4.78. The maximum atomic E-state index is 12.3. The van der Waals surface area contributed by atoms with E-state index in [9.17, 15) is 19.5 Å². The average molecular weight is 434 g/mol. The molecular formula is C24H35NO6. The quantitative estimate of drug-likeness (QED) is 0.422. The first-order chi connectivity index (χ1) is 14.7. The minimum Gasteiger partial charge on any atom is -0.480 e. The van der Waals surface area contributed by atoms with Crippen molar-refractivity contribution in [3.8, 4) is 0 Å². The molecule has 1 amide bonds. The number of unbranched alkanes of at least 4 members (excludes halogenated alkanes) is 3. The second kappa shape index (κ2) is 11.7. The molecule has 1 aromatic rings. The number of carbonyl (C=O) groups excluding carboxylic acids is 2. The van der Waals surface area contributed by atoms with Crippen molar-refractivity contribution in [2.45, 2.75) is 84.0 Å². The third-order valence-electron chi connectivity index (χ3n) is 5.35. The summed E-state index contributed by atoms with van der Waals surface area (Å²) in [5.74, 6) is -1.24. The Labute approximate surface area is 184 Å². The fourth-order valence-corrected chi connectivity index (χ4v) is 3.86. The highest BCUT2D eigenvalue weighted by molar-refractivity contribution is 5.81. The van der Waals surface area contributed by atoms with Gasteiger partial charge in [-0.1, -0.05) is 49.6 Å². The summed E-state index contributed by atoms with van der Waals surface area (Å²) < 4.78 is 10.6. The first-order valence-electron chi connectivity index (χ1n) is 11.1. The predicted molar refractivity (Wildman–Crippen MR) is 116 cm³/mol. The van der Waals surface area contributed by atoms with Gasteiger partial charge in [0.25, 0.3) is 0 Å². The van der Waals surface area contributed by atoms with Gasteiger partial charge in [0.1, 0.15) is 18.2 Å². The largest absolute Gasteiger partial charge is 0.480 e. The lowest BCUT2D eigenvalue weighted by molar-refractivity contribution is -0.145. The Morgan fingerprint density at radius 1 is 1.06 bits per heavy atom. The Balaban J connectivity index is 1.64. The standard InChI is InChI=1S/C24H35NO6/c1-24(2,3)31-23(29)25-16-15-19(21(25)22(27)28)13-9-4-5-10-14-20(26)30-17-18-11-7-6-8-12-18/h6-8,11-12,19,21H,4-5,9-10,13-17H2,1-3H3,(H,27,28). The number of benzene rings is 1. The van der Waals surface area contributed by atoms with Gasteiger partial charge in [-0.25, -0.2) is 9.59 Å². The Hall–Kier alpha value is -2.57. The van der Waals surface area contributed by atoms with Crippen LogP contribution in [-0.4, -0.2) is 46.2 Å². The van der Waals surface area contributed by atoms with Gasteiger partial charge in [-0.3, -0.25) is 9.69 Å². The van der Waals surface area contributed by atoms with Crippen LogP contribution in [0.1, 0.15) is 71.3 Å². The molecule has 1 aromatic carbocycles. The Kier molecular flexibility index (Phi) is 9.34. The summed E-state index contributed by atoms with van der Waals surface area (Å²) in [5, 5.41) is 9.64. The van der Waals surface area contributed by atoms with Crippen LogP contribution < -0.4 is 0 Å². The van der Waals surface area contributed by atoms with Crippen LogP contribution in [0.3, 0.4) is 0 Å². The summed E-state index contributed by atoms with van der Waals surface area (Å²) in [5.41, 5.74) is 0.321. The second-order valence-electron chi connectivity index (χ2n) is 9.10. The number of esters is 1. The first-order valence-corrected chi connectivity index (χ1v) is 11.1. The number of carboxylic acids is 1. The van der Waals surface area contributed by atoms with Gasteiger partial charge in [-0.15, -0.1) is 0 Å². The first kappa shape index (κ1) is 24.7. The minimum atomic E-state index is -0.977. The maximum absolute atomic E-state index is 12.3. The molecule has 1 aliphatic rings. The van der Waals surface area contributed by atoms with Gasteiger partial charge >= 0.3 is 18.0 Å². The van der Waals surface area contributed by atoms with E-state index >= 15 is 0 Å². The van der Waals surface area contributed by atoms with Crippen LogP contribution in [-0.2, 0) is 25.7 Å². The summed E-state index contributed by atoms with van der Waals surface area (Å²) in [7, 11) is 0. The SMILES string of the molecule is CC(C)(C)OC(=O)N1CCC(CCCCCCC(=O)OCc2ccccc2)C1C(=O)O. The third-order valence-corrected chi connectivity index (χ3v) is 5.35. The third kappa shape index (κ3) is 8.59. The summed E-state index contributed by atoms with van der Waals surface area (Å²) in [4.78, 5) is 37.3. The summed E-state index contributed by atoms with van der Waals surface area (Å²) in [6, 6.07) is 8.76. The van der Waals surface area contributed by atoms with Crippen molar-refractivity contribution in [1.29, 1.82) is 0 Å². The van der Waals surface area contributed by atoms with E-state index in [0.717, 1.165) is 37.7 Å².